The summed E-state index contributed by atoms with van der Waals surface area (Å²) < 4.78 is 0. The minimum atomic E-state index is 0.624. The van der Waals surface area contributed by atoms with Crippen molar-refractivity contribution in [3.05, 3.63) is 0 Å². The third-order valence-corrected chi connectivity index (χ3v) is 11.9. The fourth-order valence-electron chi connectivity index (χ4n) is 8.65. The van der Waals surface area contributed by atoms with Crippen LogP contribution in [-0.4, -0.2) is 144 Å². The highest BCUT2D eigenvalue weighted by atomic mass is 15.3. The van der Waals surface area contributed by atoms with Gasteiger partial charge in [0.1, 0.15) is 0 Å². The lowest BCUT2D eigenvalue weighted by Gasteiger charge is -2.52. The SMILES string of the molecule is CC.CC(C(C)N1CCC(CN2C(C)CN(C(C)C)C[C@@H]2C)CC1)C1CN(CC2CCN(C)CC2)[C@H](C)CN1C(C)C. The van der Waals surface area contributed by atoms with E-state index in [0.717, 1.165) is 11.8 Å². The summed E-state index contributed by atoms with van der Waals surface area (Å²) in [6.07, 6.45) is 5.51. The molecule has 4 heterocycles. The minimum Gasteiger partial charge on any atom is -0.306 e. The normalized spacial score (nSPS) is 32.7. The van der Waals surface area contributed by atoms with E-state index in [9.17, 15) is 0 Å². The van der Waals surface area contributed by atoms with Crippen LogP contribution < -0.4 is 0 Å². The van der Waals surface area contributed by atoms with Crippen molar-refractivity contribution in [2.24, 2.45) is 17.8 Å². The van der Waals surface area contributed by atoms with E-state index in [1.165, 1.54) is 91.1 Å². The summed E-state index contributed by atoms with van der Waals surface area (Å²) in [7, 11) is 2.29. The van der Waals surface area contributed by atoms with Crippen molar-refractivity contribution in [3.8, 4) is 0 Å². The Morgan fingerprint density at radius 2 is 1.12 bits per heavy atom. The average molecular weight is 591 g/mol. The number of hydrogen-bond acceptors (Lipinski definition) is 6. The molecule has 6 nitrogen and oxygen atoms in total. The summed E-state index contributed by atoms with van der Waals surface area (Å²) in [4.78, 5) is 16.6. The van der Waals surface area contributed by atoms with Crippen LogP contribution in [0.2, 0.25) is 0 Å². The van der Waals surface area contributed by atoms with Crippen molar-refractivity contribution in [1.29, 1.82) is 0 Å². The quantitative estimate of drug-likeness (QED) is 0.342. The topological polar surface area (TPSA) is 19.4 Å². The molecular formula is C36H74N6. The van der Waals surface area contributed by atoms with Crippen LogP contribution in [-0.2, 0) is 0 Å². The Bertz CT molecular complexity index is 731. The van der Waals surface area contributed by atoms with Crippen molar-refractivity contribution in [1.82, 2.24) is 29.4 Å². The van der Waals surface area contributed by atoms with Crippen molar-refractivity contribution in [2.75, 3.05) is 72.5 Å². The summed E-state index contributed by atoms with van der Waals surface area (Å²) in [6.45, 7) is 38.8. The lowest BCUT2D eigenvalue weighted by Crippen LogP contribution is -2.64. The molecule has 6 atom stereocenters. The van der Waals surface area contributed by atoms with E-state index in [0.29, 0.717) is 48.2 Å². The first-order chi connectivity index (χ1) is 19.9. The molecule has 0 bridgehead atoms. The van der Waals surface area contributed by atoms with Crippen LogP contribution in [0.4, 0.5) is 0 Å². The predicted octanol–water partition coefficient (Wildman–Crippen LogP) is 5.68. The Kier molecular flexibility index (Phi) is 14.6. The van der Waals surface area contributed by atoms with Gasteiger partial charge in [-0.15, -0.1) is 0 Å². The first-order valence-electron chi connectivity index (χ1n) is 18.4. The first kappa shape index (κ1) is 36.2. The molecule has 4 aliphatic heterocycles. The molecule has 4 unspecified atom stereocenters. The lowest BCUT2D eigenvalue weighted by atomic mass is 9.85. The van der Waals surface area contributed by atoms with Gasteiger partial charge in [0.05, 0.1) is 0 Å². The molecule has 0 saturated carbocycles. The van der Waals surface area contributed by atoms with Crippen molar-refractivity contribution in [2.45, 2.75) is 144 Å². The van der Waals surface area contributed by atoms with Gasteiger partial charge in [-0.25, -0.2) is 0 Å². The second kappa shape index (κ2) is 16.9. The van der Waals surface area contributed by atoms with E-state index in [1.54, 1.807) is 0 Å². The number of rotatable bonds is 9. The van der Waals surface area contributed by atoms with E-state index < -0.39 is 0 Å². The molecule has 0 N–H and O–H groups in total. The van der Waals surface area contributed by atoms with E-state index in [2.05, 4.69) is 98.8 Å². The fraction of sp³-hybridized carbons (Fsp3) is 1.00. The Hall–Kier alpha value is -0.240. The molecule has 4 saturated heterocycles. The summed E-state index contributed by atoms with van der Waals surface area (Å²) in [5, 5.41) is 0. The van der Waals surface area contributed by atoms with Crippen LogP contribution >= 0.6 is 0 Å². The maximum atomic E-state index is 2.89. The Balaban J connectivity index is 0.00000237. The van der Waals surface area contributed by atoms with E-state index >= 15 is 0 Å². The molecule has 0 aromatic heterocycles. The average Bonchev–Trinajstić information content (AvgIpc) is 2.97. The minimum absolute atomic E-state index is 0.624. The van der Waals surface area contributed by atoms with Crippen molar-refractivity contribution in [3.63, 3.8) is 0 Å². The highest BCUT2D eigenvalue weighted by molar-refractivity contribution is 4.96. The number of piperidine rings is 2. The van der Waals surface area contributed by atoms with Gasteiger partial charge in [0, 0.05) is 81.6 Å². The molecule has 0 aromatic rings. The molecule has 6 heteroatoms. The number of piperazine rings is 2. The molecule has 0 spiro atoms. The van der Waals surface area contributed by atoms with Crippen LogP contribution in [0.25, 0.3) is 0 Å². The van der Waals surface area contributed by atoms with Crippen molar-refractivity contribution < 1.29 is 0 Å². The van der Waals surface area contributed by atoms with Gasteiger partial charge in [0.25, 0.3) is 0 Å². The molecule has 248 valence electrons. The maximum Gasteiger partial charge on any atom is 0.0267 e. The number of hydrogen-bond donors (Lipinski definition) is 0. The van der Waals surface area contributed by atoms with Crippen LogP contribution in [0.5, 0.6) is 0 Å². The monoisotopic (exact) mass is 591 g/mol. The molecule has 0 radical (unpaired) electrons. The van der Waals surface area contributed by atoms with Gasteiger partial charge >= 0.3 is 0 Å². The van der Waals surface area contributed by atoms with Gasteiger partial charge in [-0.05, 0) is 132 Å². The van der Waals surface area contributed by atoms with E-state index in [1.807, 2.05) is 13.8 Å². The van der Waals surface area contributed by atoms with Gasteiger partial charge in [-0.1, -0.05) is 20.8 Å². The first-order valence-corrected chi connectivity index (χ1v) is 18.4. The highest BCUT2D eigenvalue weighted by Gasteiger charge is 2.40. The second-order valence-electron chi connectivity index (χ2n) is 15.4. The Morgan fingerprint density at radius 3 is 1.64 bits per heavy atom. The van der Waals surface area contributed by atoms with E-state index in [4.69, 9.17) is 0 Å². The zero-order valence-corrected chi connectivity index (χ0v) is 30.4. The molecule has 0 amide bonds. The highest BCUT2D eigenvalue weighted by Crippen LogP contribution is 2.31. The fourth-order valence-corrected chi connectivity index (χ4v) is 8.65. The summed E-state index contributed by atoms with van der Waals surface area (Å²) in [5.41, 5.74) is 0. The third kappa shape index (κ3) is 9.39. The van der Waals surface area contributed by atoms with Crippen molar-refractivity contribution >= 4 is 0 Å². The lowest BCUT2D eigenvalue weighted by molar-refractivity contribution is -0.0371. The standard InChI is InChI=1S/C34H68N6.C2H6/c1-25(2)37-19-28(6)40(29(7)20-37)23-33-13-17-36(18-14-33)31(9)30(8)34-24-38(27(5)21-39(34)26(3)4)22-32-11-15-35(10)16-12-32;1-2/h25-34H,11-24H2,1-10H3;1-2H3/t27-,28+,29?,30?,31?,34?;/m1./s1. The summed E-state index contributed by atoms with van der Waals surface area (Å²) in [5.74, 6) is 2.44. The molecule has 4 fully saturated rings. The largest absolute Gasteiger partial charge is 0.306 e. The third-order valence-electron chi connectivity index (χ3n) is 11.9. The molecule has 42 heavy (non-hydrogen) atoms. The second-order valence-corrected chi connectivity index (χ2v) is 15.4. The van der Waals surface area contributed by atoms with Gasteiger partial charge in [-0.2, -0.15) is 0 Å². The van der Waals surface area contributed by atoms with Crippen LogP contribution in [0.3, 0.4) is 0 Å². The number of nitrogens with zero attached hydrogens (tertiary/aromatic N) is 6. The zero-order valence-electron chi connectivity index (χ0n) is 30.4. The Labute approximate surface area is 263 Å². The smallest absolute Gasteiger partial charge is 0.0267 e. The number of likely N-dealkylation sites (tertiary alicyclic amines) is 2. The van der Waals surface area contributed by atoms with Crippen LogP contribution in [0.1, 0.15) is 102 Å². The maximum absolute atomic E-state index is 2.89. The Morgan fingerprint density at radius 1 is 0.595 bits per heavy atom. The molecule has 4 rings (SSSR count). The van der Waals surface area contributed by atoms with Gasteiger partial charge < -0.3 is 9.80 Å². The van der Waals surface area contributed by atoms with Crippen LogP contribution in [0, 0.1) is 17.8 Å². The molecule has 0 aromatic carbocycles. The zero-order chi connectivity index (χ0) is 31.1. The predicted molar refractivity (Wildman–Crippen MR) is 183 cm³/mol. The summed E-state index contributed by atoms with van der Waals surface area (Å²) in [6, 6.07) is 4.63. The van der Waals surface area contributed by atoms with E-state index in [-0.39, 0.29) is 0 Å². The molecule has 4 aliphatic rings. The van der Waals surface area contributed by atoms with Gasteiger partial charge in [-0.3, -0.25) is 19.6 Å². The molecule has 0 aliphatic carbocycles. The van der Waals surface area contributed by atoms with Gasteiger partial charge in [0.15, 0.2) is 0 Å². The summed E-state index contributed by atoms with van der Waals surface area (Å²) >= 11 is 0. The van der Waals surface area contributed by atoms with Gasteiger partial charge in [0.2, 0.25) is 0 Å². The van der Waals surface area contributed by atoms with Crippen LogP contribution in [0.15, 0.2) is 0 Å². The molecular weight excluding hydrogens is 516 g/mol.